The molecule has 1 aromatic carbocycles. The van der Waals surface area contributed by atoms with E-state index in [0.717, 1.165) is 12.8 Å². The first-order valence-corrected chi connectivity index (χ1v) is 8.03. The van der Waals surface area contributed by atoms with Gasteiger partial charge < -0.3 is 15.8 Å². The molecule has 1 aliphatic carbocycles. The van der Waals surface area contributed by atoms with Gasteiger partial charge in [-0.15, -0.1) is 0 Å². The Balaban J connectivity index is 1.89. The fourth-order valence-corrected chi connectivity index (χ4v) is 3.00. The van der Waals surface area contributed by atoms with E-state index in [9.17, 15) is 9.18 Å². The summed E-state index contributed by atoms with van der Waals surface area (Å²) in [6, 6.07) is 5.79. The van der Waals surface area contributed by atoms with Gasteiger partial charge in [0.2, 0.25) is 0 Å². The van der Waals surface area contributed by atoms with Crippen LogP contribution in [0.3, 0.4) is 0 Å². The predicted octanol–water partition coefficient (Wildman–Crippen LogP) is 2.62. The van der Waals surface area contributed by atoms with Crippen molar-refractivity contribution in [2.24, 2.45) is 11.7 Å². The summed E-state index contributed by atoms with van der Waals surface area (Å²) < 4.78 is 18.6. The van der Waals surface area contributed by atoms with Crippen LogP contribution in [0, 0.1) is 11.7 Å². The third-order valence-electron chi connectivity index (χ3n) is 4.28. The van der Waals surface area contributed by atoms with Crippen molar-refractivity contribution in [2.45, 2.75) is 51.2 Å². The molecule has 2 rings (SSSR count). The van der Waals surface area contributed by atoms with Gasteiger partial charge in [0.1, 0.15) is 11.6 Å². The fourth-order valence-electron chi connectivity index (χ4n) is 3.00. The average Bonchev–Trinajstić information content (AvgIpc) is 2.53. The predicted molar refractivity (Wildman–Crippen MR) is 84.1 cm³/mol. The minimum Gasteiger partial charge on any atom is -0.481 e. The van der Waals surface area contributed by atoms with Gasteiger partial charge in [0.05, 0.1) is 0 Å². The van der Waals surface area contributed by atoms with Crippen LogP contribution in [0.15, 0.2) is 24.3 Å². The topological polar surface area (TPSA) is 64.3 Å². The molecule has 1 saturated carbocycles. The van der Waals surface area contributed by atoms with E-state index in [-0.39, 0.29) is 17.8 Å². The molecule has 0 aromatic heterocycles. The standard InChI is InChI=1S/C17H25FN2O2/c1-12(22-15-9-5-8-14(18)10-15)17(21)20-16(11-19)13-6-3-2-4-7-13/h5,8-10,12-13,16H,2-4,6-7,11,19H2,1H3,(H,20,21). The number of hydrogen-bond acceptors (Lipinski definition) is 3. The summed E-state index contributed by atoms with van der Waals surface area (Å²) in [5.41, 5.74) is 5.82. The van der Waals surface area contributed by atoms with Gasteiger partial charge >= 0.3 is 0 Å². The monoisotopic (exact) mass is 308 g/mol. The van der Waals surface area contributed by atoms with Crippen molar-refractivity contribution in [3.8, 4) is 5.75 Å². The van der Waals surface area contributed by atoms with Gasteiger partial charge in [0, 0.05) is 18.7 Å². The van der Waals surface area contributed by atoms with Crippen LogP contribution in [0.1, 0.15) is 39.0 Å². The molecular weight excluding hydrogens is 283 g/mol. The van der Waals surface area contributed by atoms with Gasteiger partial charge in [-0.3, -0.25) is 4.79 Å². The molecule has 3 N–H and O–H groups in total. The Bertz CT molecular complexity index is 489. The largest absolute Gasteiger partial charge is 0.481 e. The van der Waals surface area contributed by atoms with Crippen LogP contribution in [0.2, 0.25) is 0 Å². The number of nitrogens with two attached hydrogens (primary N) is 1. The van der Waals surface area contributed by atoms with E-state index in [1.165, 1.54) is 31.4 Å². The Hall–Kier alpha value is -1.62. The van der Waals surface area contributed by atoms with E-state index >= 15 is 0 Å². The maximum absolute atomic E-state index is 13.1. The highest BCUT2D eigenvalue weighted by Gasteiger charge is 2.26. The number of hydrogen-bond donors (Lipinski definition) is 2. The summed E-state index contributed by atoms with van der Waals surface area (Å²) in [7, 11) is 0. The zero-order valence-corrected chi connectivity index (χ0v) is 13.1. The number of nitrogens with one attached hydrogen (secondary N) is 1. The summed E-state index contributed by atoms with van der Waals surface area (Å²) in [6.45, 7) is 2.10. The SMILES string of the molecule is CC(Oc1cccc(F)c1)C(=O)NC(CN)C1CCCCC1. The highest BCUT2D eigenvalue weighted by molar-refractivity contribution is 5.81. The fraction of sp³-hybridized carbons (Fsp3) is 0.588. The van der Waals surface area contributed by atoms with Crippen LogP contribution in [0.5, 0.6) is 5.75 Å². The molecule has 1 fully saturated rings. The molecule has 0 aliphatic heterocycles. The number of halogens is 1. The molecular formula is C17H25FN2O2. The number of ether oxygens (including phenoxy) is 1. The molecule has 1 aliphatic rings. The summed E-state index contributed by atoms with van der Waals surface area (Å²) in [5.74, 6) is 0.214. The second kappa shape index (κ2) is 8.13. The summed E-state index contributed by atoms with van der Waals surface area (Å²) in [6.07, 6.45) is 5.21. The quantitative estimate of drug-likeness (QED) is 0.849. The third kappa shape index (κ3) is 4.70. The smallest absolute Gasteiger partial charge is 0.261 e. The van der Waals surface area contributed by atoms with E-state index in [0.29, 0.717) is 18.2 Å². The van der Waals surface area contributed by atoms with Gasteiger partial charge in [-0.25, -0.2) is 4.39 Å². The third-order valence-corrected chi connectivity index (χ3v) is 4.28. The molecule has 5 heteroatoms. The van der Waals surface area contributed by atoms with Crippen LogP contribution < -0.4 is 15.8 Å². The van der Waals surface area contributed by atoms with Crippen molar-refractivity contribution < 1.29 is 13.9 Å². The normalized spacial score (nSPS) is 18.5. The number of carbonyl (C=O) groups is 1. The van der Waals surface area contributed by atoms with Gasteiger partial charge in [0.15, 0.2) is 6.10 Å². The first-order chi connectivity index (χ1) is 10.6. The number of benzene rings is 1. The molecule has 0 spiro atoms. The Morgan fingerprint density at radius 2 is 2.14 bits per heavy atom. The van der Waals surface area contributed by atoms with Gasteiger partial charge in [0.25, 0.3) is 5.91 Å². The molecule has 22 heavy (non-hydrogen) atoms. The first kappa shape index (κ1) is 16.7. The lowest BCUT2D eigenvalue weighted by molar-refractivity contribution is -0.128. The summed E-state index contributed by atoms with van der Waals surface area (Å²) in [5, 5.41) is 2.99. The Morgan fingerprint density at radius 1 is 1.41 bits per heavy atom. The van der Waals surface area contributed by atoms with E-state index < -0.39 is 6.10 Å². The summed E-state index contributed by atoms with van der Waals surface area (Å²) in [4.78, 5) is 12.3. The maximum Gasteiger partial charge on any atom is 0.261 e. The van der Waals surface area contributed by atoms with Crippen molar-refractivity contribution in [1.82, 2.24) is 5.32 Å². The molecule has 122 valence electrons. The van der Waals surface area contributed by atoms with Crippen LogP contribution in [0.4, 0.5) is 4.39 Å². The van der Waals surface area contributed by atoms with Crippen LogP contribution in [-0.4, -0.2) is 24.6 Å². The lowest BCUT2D eigenvalue weighted by Crippen LogP contribution is -2.49. The minimum atomic E-state index is -0.681. The molecule has 0 heterocycles. The van der Waals surface area contributed by atoms with E-state index in [1.807, 2.05) is 0 Å². The van der Waals surface area contributed by atoms with Crippen molar-refractivity contribution in [3.05, 3.63) is 30.1 Å². The van der Waals surface area contributed by atoms with Crippen LogP contribution >= 0.6 is 0 Å². The van der Waals surface area contributed by atoms with Crippen molar-refractivity contribution >= 4 is 5.91 Å². The van der Waals surface area contributed by atoms with E-state index in [2.05, 4.69) is 5.32 Å². The second-order valence-corrected chi connectivity index (χ2v) is 5.97. The van der Waals surface area contributed by atoms with Gasteiger partial charge in [-0.1, -0.05) is 25.3 Å². The van der Waals surface area contributed by atoms with Crippen molar-refractivity contribution in [3.63, 3.8) is 0 Å². The minimum absolute atomic E-state index is 0.00800. The van der Waals surface area contributed by atoms with E-state index in [4.69, 9.17) is 10.5 Å². The molecule has 1 aromatic rings. The molecule has 2 unspecified atom stereocenters. The first-order valence-electron chi connectivity index (χ1n) is 8.03. The second-order valence-electron chi connectivity index (χ2n) is 5.97. The molecule has 0 saturated heterocycles. The number of rotatable bonds is 6. The molecule has 2 atom stereocenters. The van der Waals surface area contributed by atoms with Crippen LogP contribution in [-0.2, 0) is 4.79 Å². The van der Waals surface area contributed by atoms with Gasteiger partial charge in [-0.05, 0) is 37.8 Å². The van der Waals surface area contributed by atoms with Crippen molar-refractivity contribution in [2.75, 3.05) is 6.54 Å². The Morgan fingerprint density at radius 3 is 2.77 bits per heavy atom. The molecule has 0 bridgehead atoms. The Kier molecular flexibility index (Phi) is 6.19. The molecule has 0 radical (unpaired) electrons. The maximum atomic E-state index is 13.1. The Labute approximate surface area is 131 Å². The van der Waals surface area contributed by atoms with E-state index in [1.54, 1.807) is 19.1 Å². The number of amides is 1. The van der Waals surface area contributed by atoms with Gasteiger partial charge in [-0.2, -0.15) is 0 Å². The average molecular weight is 308 g/mol. The van der Waals surface area contributed by atoms with Crippen LogP contribution in [0.25, 0.3) is 0 Å². The highest BCUT2D eigenvalue weighted by Crippen LogP contribution is 2.26. The summed E-state index contributed by atoms with van der Waals surface area (Å²) >= 11 is 0. The molecule has 4 nitrogen and oxygen atoms in total. The molecule has 1 amide bonds. The van der Waals surface area contributed by atoms with Crippen molar-refractivity contribution in [1.29, 1.82) is 0 Å². The lowest BCUT2D eigenvalue weighted by atomic mass is 9.84. The zero-order chi connectivity index (χ0) is 15.9. The lowest BCUT2D eigenvalue weighted by Gasteiger charge is -2.30. The highest BCUT2D eigenvalue weighted by atomic mass is 19.1. The zero-order valence-electron chi connectivity index (χ0n) is 13.1. The number of carbonyl (C=O) groups excluding carboxylic acids is 1.